The molecule has 0 saturated heterocycles. The molecule has 0 aromatic heterocycles. The summed E-state index contributed by atoms with van der Waals surface area (Å²) >= 11 is 0. The molecule has 0 spiro atoms. The monoisotopic (exact) mass is 562 g/mol. The standard InChI is InChI=1S/C40H35FN2/c1-28-5-8-31(9-6-28)33-12-20-38(21-13-33)43(40-26-7-29(2)27-30(40)3)39-22-14-34(15-23-39)32-10-18-36(19-11-32)42(4)37-24-16-35(41)17-25-37/h5-27H,1-4H3. The lowest BCUT2D eigenvalue weighted by molar-refractivity contribution is 0.628. The molecular weight excluding hydrogens is 527 g/mol. The molecule has 6 aromatic carbocycles. The fourth-order valence-electron chi connectivity index (χ4n) is 5.53. The van der Waals surface area contributed by atoms with E-state index in [1.165, 1.54) is 39.9 Å². The van der Waals surface area contributed by atoms with Gasteiger partial charge in [-0.15, -0.1) is 0 Å². The highest BCUT2D eigenvalue weighted by molar-refractivity contribution is 5.81. The van der Waals surface area contributed by atoms with Crippen LogP contribution in [0.3, 0.4) is 0 Å². The number of hydrogen-bond donors (Lipinski definition) is 0. The molecule has 0 atom stereocenters. The summed E-state index contributed by atoms with van der Waals surface area (Å²) in [5.74, 6) is -0.230. The van der Waals surface area contributed by atoms with Crippen LogP contribution in [0, 0.1) is 26.6 Å². The lowest BCUT2D eigenvalue weighted by Crippen LogP contribution is -2.11. The molecule has 3 heteroatoms. The number of nitrogens with zero attached hydrogens (tertiary/aromatic N) is 2. The molecule has 0 saturated carbocycles. The smallest absolute Gasteiger partial charge is 0.123 e. The van der Waals surface area contributed by atoms with Crippen LogP contribution in [-0.2, 0) is 0 Å². The van der Waals surface area contributed by atoms with Crippen molar-refractivity contribution in [3.05, 3.63) is 162 Å². The van der Waals surface area contributed by atoms with Crippen molar-refractivity contribution in [2.45, 2.75) is 20.8 Å². The zero-order valence-corrected chi connectivity index (χ0v) is 25.1. The Labute approximate surface area is 254 Å². The van der Waals surface area contributed by atoms with E-state index in [-0.39, 0.29) is 5.82 Å². The maximum Gasteiger partial charge on any atom is 0.123 e. The normalized spacial score (nSPS) is 10.9. The molecule has 0 fully saturated rings. The SMILES string of the molecule is Cc1ccc(-c2ccc(N(c3ccc(-c4ccc(N(C)c5ccc(F)cc5)cc4)cc3)c3ccc(C)cc3C)cc2)cc1. The largest absolute Gasteiger partial charge is 0.345 e. The Balaban J connectivity index is 1.30. The van der Waals surface area contributed by atoms with Crippen LogP contribution in [0.2, 0.25) is 0 Å². The second kappa shape index (κ2) is 12.0. The van der Waals surface area contributed by atoms with Gasteiger partial charge in [-0.3, -0.25) is 0 Å². The van der Waals surface area contributed by atoms with Gasteiger partial charge in [0, 0.05) is 35.5 Å². The second-order valence-corrected chi connectivity index (χ2v) is 11.2. The van der Waals surface area contributed by atoms with Crippen molar-refractivity contribution in [1.82, 2.24) is 0 Å². The molecule has 0 aliphatic heterocycles. The quantitative estimate of drug-likeness (QED) is 0.191. The summed E-state index contributed by atoms with van der Waals surface area (Å²) in [5, 5.41) is 0. The van der Waals surface area contributed by atoms with Crippen molar-refractivity contribution in [1.29, 1.82) is 0 Å². The van der Waals surface area contributed by atoms with Crippen molar-refractivity contribution in [2.24, 2.45) is 0 Å². The van der Waals surface area contributed by atoms with Gasteiger partial charge in [-0.25, -0.2) is 4.39 Å². The molecule has 6 aromatic rings. The van der Waals surface area contributed by atoms with E-state index < -0.39 is 0 Å². The van der Waals surface area contributed by atoms with Gasteiger partial charge < -0.3 is 9.80 Å². The van der Waals surface area contributed by atoms with Crippen molar-refractivity contribution >= 4 is 28.4 Å². The highest BCUT2D eigenvalue weighted by Crippen LogP contribution is 2.38. The minimum absolute atomic E-state index is 0.230. The van der Waals surface area contributed by atoms with E-state index in [4.69, 9.17) is 0 Å². The van der Waals surface area contributed by atoms with E-state index >= 15 is 0 Å². The molecule has 2 nitrogen and oxygen atoms in total. The maximum absolute atomic E-state index is 13.4. The van der Waals surface area contributed by atoms with Gasteiger partial charge in [0.1, 0.15) is 5.82 Å². The average molecular weight is 563 g/mol. The fourth-order valence-corrected chi connectivity index (χ4v) is 5.53. The van der Waals surface area contributed by atoms with E-state index in [9.17, 15) is 4.39 Å². The van der Waals surface area contributed by atoms with Crippen molar-refractivity contribution in [2.75, 3.05) is 16.8 Å². The van der Waals surface area contributed by atoms with Crippen LogP contribution in [0.15, 0.2) is 140 Å². The molecule has 0 amide bonds. The Morgan fingerprint density at radius 2 is 0.791 bits per heavy atom. The van der Waals surface area contributed by atoms with Gasteiger partial charge in [0.15, 0.2) is 0 Å². The Morgan fingerprint density at radius 3 is 1.23 bits per heavy atom. The molecule has 0 bridgehead atoms. The lowest BCUT2D eigenvalue weighted by atomic mass is 10.0. The predicted octanol–water partition coefficient (Wildman–Crippen LogP) is 11.3. The van der Waals surface area contributed by atoms with E-state index in [0.29, 0.717) is 0 Å². The van der Waals surface area contributed by atoms with Gasteiger partial charge in [-0.2, -0.15) is 0 Å². The van der Waals surface area contributed by atoms with E-state index in [2.05, 4.69) is 146 Å². The molecule has 0 aliphatic rings. The van der Waals surface area contributed by atoms with Gasteiger partial charge in [-0.1, -0.05) is 83.9 Å². The summed E-state index contributed by atoms with van der Waals surface area (Å²) in [7, 11) is 1.99. The number of anilines is 5. The number of benzene rings is 6. The zero-order valence-electron chi connectivity index (χ0n) is 25.1. The molecule has 0 unspecified atom stereocenters. The highest BCUT2D eigenvalue weighted by atomic mass is 19.1. The van der Waals surface area contributed by atoms with Gasteiger partial charge in [0.2, 0.25) is 0 Å². The van der Waals surface area contributed by atoms with Crippen LogP contribution in [-0.4, -0.2) is 7.05 Å². The number of halogens is 1. The molecule has 0 N–H and O–H groups in total. The molecular formula is C40H35FN2. The van der Waals surface area contributed by atoms with E-state index in [1.54, 1.807) is 12.1 Å². The number of aryl methyl sites for hydroxylation is 3. The molecule has 6 rings (SSSR count). The third-order valence-electron chi connectivity index (χ3n) is 8.03. The summed E-state index contributed by atoms with van der Waals surface area (Å²) in [5.41, 5.74) is 13.8. The van der Waals surface area contributed by atoms with Gasteiger partial charge >= 0.3 is 0 Å². The van der Waals surface area contributed by atoms with Crippen LogP contribution in [0.1, 0.15) is 16.7 Å². The summed E-state index contributed by atoms with van der Waals surface area (Å²) < 4.78 is 13.4. The first-order valence-corrected chi connectivity index (χ1v) is 14.6. The van der Waals surface area contributed by atoms with Crippen LogP contribution in [0.25, 0.3) is 22.3 Å². The number of hydrogen-bond acceptors (Lipinski definition) is 2. The summed E-state index contributed by atoms with van der Waals surface area (Å²) in [6.45, 7) is 6.42. The topological polar surface area (TPSA) is 6.48 Å². The Hall–Kier alpha value is -5.15. The van der Waals surface area contributed by atoms with Crippen molar-refractivity contribution < 1.29 is 4.39 Å². The van der Waals surface area contributed by atoms with Gasteiger partial charge in [-0.05, 0) is 115 Å². The van der Waals surface area contributed by atoms with Crippen molar-refractivity contribution in [3.63, 3.8) is 0 Å². The van der Waals surface area contributed by atoms with E-state index in [1.807, 2.05) is 7.05 Å². The first kappa shape index (κ1) is 28.0. The Morgan fingerprint density at radius 1 is 0.419 bits per heavy atom. The molecule has 212 valence electrons. The maximum atomic E-state index is 13.4. The molecule has 43 heavy (non-hydrogen) atoms. The molecule has 0 radical (unpaired) electrons. The summed E-state index contributed by atoms with van der Waals surface area (Å²) in [4.78, 5) is 4.39. The minimum Gasteiger partial charge on any atom is -0.345 e. The first-order chi connectivity index (χ1) is 20.9. The molecule has 0 aliphatic carbocycles. The third kappa shape index (κ3) is 6.07. The van der Waals surface area contributed by atoms with Crippen LogP contribution < -0.4 is 9.80 Å². The summed E-state index contributed by atoms with van der Waals surface area (Å²) in [6, 6.07) is 47.9. The summed E-state index contributed by atoms with van der Waals surface area (Å²) in [6.07, 6.45) is 0. The molecule has 0 heterocycles. The highest BCUT2D eigenvalue weighted by Gasteiger charge is 2.15. The second-order valence-electron chi connectivity index (χ2n) is 11.2. The van der Waals surface area contributed by atoms with Crippen molar-refractivity contribution in [3.8, 4) is 22.3 Å². The van der Waals surface area contributed by atoms with Crippen LogP contribution in [0.5, 0.6) is 0 Å². The fraction of sp³-hybridized carbons (Fsp3) is 0.100. The average Bonchev–Trinajstić information content (AvgIpc) is 3.03. The minimum atomic E-state index is -0.230. The van der Waals surface area contributed by atoms with Gasteiger partial charge in [0.25, 0.3) is 0 Å². The zero-order chi connectivity index (χ0) is 29.9. The number of rotatable bonds is 7. The predicted molar refractivity (Wildman–Crippen MR) is 181 cm³/mol. The Bertz CT molecular complexity index is 1820. The first-order valence-electron chi connectivity index (χ1n) is 14.6. The lowest BCUT2D eigenvalue weighted by Gasteiger charge is -2.27. The Kier molecular flexibility index (Phi) is 7.81. The van der Waals surface area contributed by atoms with E-state index in [0.717, 1.165) is 39.6 Å². The van der Waals surface area contributed by atoms with Gasteiger partial charge in [0.05, 0.1) is 0 Å². The van der Waals surface area contributed by atoms with Crippen LogP contribution in [0.4, 0.5) is 32.8 Å². The van der Waals surface area contributed by atoms with Crippen LogP contribution >= 0.6 is 0 Å². The third-order valence-corrected chi connectivity index (χ3v) is 8.03.